The molecule has 1 atom stereocenters. The van der Waals surface area contributed by atoms with Gasteiger partial charge in [0.1, 0.15) is 5.82 Å². The molecule has 1 aliphatic heterocycles. The van der Waals surface area contributed by atoms with Crippen LogP contribution in [0.2, 0.25) is 0 Å². The summed E-state index contributed by atoms with van der Waals surface area (Å²) in [6.45, 7) is 4.43. The van der Waals surface area contributed by atoms with Gasteiger partial charge >= 0.3 is 6.18 Å². The van der Waals surface area contributed by atoms with Gasteiger partial charge < -0.3 is 15.3 Å². The van der Waals surface area contributed by atoms with E-state index in [4.69, 9.17) is 0 Å². The third-order valence-electron chi connectivity index (χ3n) is 5.69. The van der Waals surface area contributed by atoms with Gasteiger partial charge in [-0.2, -0.15) is 18.3 Å². The van der Waals surface area contributed by atoms with Gasteiger partial charge in [-0.15, -0.1) is 5.10 Å². The van der Waals surface area contributed by atoms with Gasteiger partial charge in [-0.25, -0.2) is 18.2 Å². The van der Waals surface area contributed by atoms with Crippen molar-refractivity contribution in [3.8, 4) is 0 Å². The number of aliphatic hydroxyl groups is 1. The van der Waals surface area contributed by atoms with Crippen LogP contribution in [0.1, 0.15) is 48.8 Å². The van der Waals surface area contributed by atoms with Crippen LogP contribution in [0, 0.1) is 12.7 Å². The first kappa shape index (κ1) is 24.0. The van der Waals surface area contributed by atoms with Gasteiger partial charge in [0.2, 0.25) is 0 Å². The van der Waals surface area contributed by atoms with Crippen LogP contribution in [-0.2, 0) is 6.18 Å². The summed E-state index contributed by atoms with van der Waals surface area (Å²) in [5.41, 5.74) is -3.22. The van der Waals surface area contributed by atoms with Crippen molar-refractivity contribution in [2.45, 2.75) is 45.0 Å². The molecule has 0 unspecified atom stereocenters. The fourth-order valence-electron chi connectivity index (χ4n) is 4.04. The second-order valence-corrected chi connectivity index (χ2v) is 8.65. The van der Waals surface area contributed by atoms with E-state index in [-0.39, 0.29) is 46.8 Å². The molecule has 182 valence electrons. The van der Waals surface area contributed by atoms with E-state index in [1.807, 2.05) is 0 Å². The number of nitrogens with one attached hydrogen (secondary N) is 1. The minimum atomic E-state index is -4.76. The number of rotatable bonds is 5. The number of nitrogens with zero attached hydrogens (tertiary/aromatic N) is 4. The van der Waals surface area contributed by atoms with Crippen molar-refractivity contribution in [1.29, 1.82) is 0 Å². The van der Waals surface area contributed by atoms with Crippen LogP contribution in [0.25, 0.3) is 10.9 Å². The second kappa shape index (κ2) is 8.26. The first-order valence-corrected chi connectivity index (χ1v) is 10.3. The number of halogens is 6. The van der Waals surface area contributed by atoms with Gasteiger partial charge in [-0.1, -0.05) is 18.2 Å². The highest BCUT2D eigenvalue weighted by molar-refractivity contribution is 5.93. The number of anilines is 2. The molecule has 1 aromatic carbocycles. The molecule has 1 saturated heterocycles. The zero-order valence-corrected chi connectivity index (χ0v) is 18.4. The number of β-amino-alcohol motifs (C(OH)–C–C–N with tert-alkyl or cyclic N) is 1. The van der Waals surface area contributed by atoms with E-state index in [1.165, 1.54) is 43.9 Å². The van der Waals surface area contributed by atoms with Gasteiger partial charge in [-0.3, -0.25) is 0 Å². The van der Waals surface area contributed by atoms with Crippen LogP contribution in [0.3, 0.4) is 0 Å². The summed E-state index contributed by atoms with van der Waals surface area (Å²) < 4.78 is 82.2. The Labute approximate surface area is 190 Å². The Bertz CT molecular complexity index is 1240. The molecule has 0 amide bonds. The molecule has 2 N–H and O–H groups in total. The third kappa shape index (κ3) is 4.33. The van der Waals surface area contributed by atoms with Crippen molar-refractivity contribution in [2.75, 3.05) is 23.3 Å². The smallest absolute Gasteiger partial charge is 0.386 e. The minimum Gasteiger partial charge on any atom is -0.386 e. The van der Waals surface area contributed by atoms with Crippen molar-refractivity contribution in [3.05, 3.63) is 52.6 Å². The average molecular weight is 485 g/mol. The Hall–Kier alpha value is -3.15. The summed E-state index contributed by atoms with van der Waals surface area (Å²) in [5, 5.41) is 20.9. The van der Waals surface area contributed by atoms with E-state index >= 15 is 0 Å². The highest BCUT2D eigenvalue weighted by atomic mass is 19.4. The predicted octanol–water partition coefficient (Wildman–Crippen LogP) is 5.17. The highest BCUT2D eigenvalue weighted by Crippen LogP contribution is 2.41. The summed E-state index contributed by atoms with van der Waals surface area (Å²) >= 11 is 0. The van der Waals surface area contributed by atoms with Crippen molar-refractivity contribution >= 4 is 22.4 Å². The number of aromatic nitrogens is 3. The number of aryl methyl sites for hydroxylation is 1. The molecular formula is C22H21F6N5O. The van der Waals surface area contributed by atoms with Crippen LogP contribution >= 0.6 is 0 Å². The van der Waals surface area contributed by atoms with E-state index in [9.17, 15) is 31.4 Å². The van der Waals surface area contributed by atoms with E-state index < -0.39 is 41.3 Å². The third-order valence-corrected chi connectivity index (χ3v) is 5.69. The van der Waals surface area contributed by atoms with Gasteiger partial charge in [0.25, 0.3) is 6.43 Å². The van der Waals surface area contributed by atoms with Crippen molar-refractivity contribution in [2.24, 2.45) is 0 Å². The Kier molecular flexibility index (Phi) is 5.83. The topological polar surface area (TPSA) is 74.2 Å². The van der Waals surface area contributed by atoms with Crippen LogP contribution in [0.15, 0.2) is 24.3 Å². The molecule has 3 heterocycles. The molecule has 1 fully saturated rings. The molecule has 0 aliphatic carbocycles. The standard InChI is InChI=1S/C22H21F6N5O/c1-10(12-5-4-6-13(16(12)23)19(24)25)29-20-14-7-15(33-8-21(3,34)9-33)18(22(26,27)28)30-17(14)11(2)31-32-20/h4-7,10,19,34H,8-9H2,1-3H3,(H,29,32)/t10-/m1/s1. The van der Waals surface area contributed by atoms with E-state index in [2.05, 4.69) is 20.5 Å². The van der Waals surface area contributed by atoms with Crippen LogP contribution in [-0.4, -0.2) is 39.0 Å². The lowest BCUT2D eigenvalue weighted by Gasteiger charge is -2.46. The number of fused-ring (bicyclic) bond motifs is 1. The first-order chi connectivity index (χ1) is 15.8. The Morgan fingerprint density at radius 2 is 1.79 bits per heavy atom. The summed E-state index contributed by atoms with van der Waals surface area (Å²) in [5.74, 6) is -1.06. The number of alkyl halides is 5. The molecule has 4 rings (SSSR count). The number of hydrogen-bond donors (Lipinski definition) is 2. The summed E-state index contributed by atoms with van der Waals surface area (Å²) in [7, 11) is 0. The molecule has 3 aromatic rings. The normalized spacial score (nSPS) is 16.6. The van der Waals surface area contributed by atoms with Crippen molar-refractivity contribution < 1.29 is 31.4 Å². The minimum absolute atomic E-state index is 0.0182. The zero-order chi connectivity index (χ0) is 25.0. The summed E-state index contributed by atoms with van der Waals surface area (Å²) in [4.78, 5) is 5.18. The maximum Gasteiger partial charge on any atom is 0.435 e. The Morgan fingerprint density at radius 3 is 2.38 bits per heavy atom. The molecule has 2 aromatic heterocycles. The molecule has 0 bridgehead atoms. The van der Waals surface area contributed by atoms with Crippen molar-refractivity contribution in [3.63, 3.8) is 0 Å². The van der Waals surface area contributed by atoms with Gasteiger partial charge in [0.15, 0.2) is 11.5 Å². The number of benzene rings is 1. The van der Waals surface area contributed by atoms with Crippen LogP contribution in [0.4, 0.5) is 37.8 Å². The van der Waals surface area contributed by atoms with Gasteiger partial charge in [-0.05, 0) is 26.8 Å². The number of hydrogen-bond acceptors (Lipinski definition) is 6. The molecule has 12 heteroatoms. The van der Waals surface area contributed by atoms with E-state index in [0.29, 0.717) is 0 Å². The fourth-order valence-corrected chi connectivity index (χ4v) is 4.04. The molecular weight excluding hydrogens is 464 g/mol. The van der Waals surface area contributed by atoms with Crippen LogP contribution < -0.4 is 10.2 Å². The molecule has 6 nitrogen and oxygen atoms in total. The van der Waals surface area contributed by atoms with Crippen molar-refractivity contribution in [1.82, 2.24) is 15.2 Å². The maximum atomic E-state index is 14.6. The SMILES string of the molecule is Cc1nnc(N[C@H](C)c2cccc(C(F)F)c2F)c2cc(N3CC(C)(O)C3)c(C(F)(F)F)nc12. The molecule has 1 aliphatic rings. The quantitative estimate of drug-likeness (QED) is 0.486. The van der Waals surface area contributed by atoms with Gasteiger partial charge in [0, 0.05) is 24.0 Å². The van der Waals surface area contributed by atoms with E-state index in [1.54, 1.807) is 0 Å². The fraction of sp³-hybridized carbons (Fsp3) is 0.409. The Morgan fingerprint density at radius 1 is 1.15 bits per heavy atom. The summed E-state index contributed by atoms with van der Waals surface area (Å²) in [6.07, 6.45) is -7.77. The Balaban J connectivity index is 1.80. The van der Waals surface area contributed by atoms with E-state index in [0.717, 1.165) is 6.07 Å². The number of pyridine rings is 1. The molecule has 0 saturated carbocycles. The highest BCUT2D eigenvalue weighted by Gasteiger charge is 2.43. The zero-order valence-electron chi connectivity index (χ0n) is 18.4. The van der Waals surface area contributed by atoms with Gasteiger partial charge in [0.05, 0.1) is 34.1 Å². The predicted molar refractivity (Wildman–Crippen MR) is 113 cm³/mol. The largest absolute Gasteiger partial charge is 0.435 e. The second-order valence-electron chi connectivity index (χ2n) is 8.65. The molecule has 34 heavy (non-hydrogen) atoms. The molecule has 0 spiro atoms. The monoisotopic (exact) mass is 485 g/mol. The molecule has 0 radical (unpaired) electrons. The average Bonchev–Trinajstić information content (AvgIpc) is 2.72. The van der Waals surface area contributed by atoms with Crippen LogP contribution in [0.5, 0.6) is 0 Å². The lowest BCUT2D eigenvalue weighted by atomic mass is 9.95. The summed E-state index contributed by atoms with van der Waals surface area (Å²) in [6, 6.07) is 3.99. The first-order valence-electron chi connectivity index (χ1n) is 10.3. The maximum absolute atomic E-state index is 14.6. The lowest BCUT2D eigenvalue weighted by Crippen LogP contribution is -2.60. The lowest BCUT2D eigenvalue weighted by molar-refractivity contribution is -0.140.